The molecule has 0 radical (unpaired) electrons. The molecule has 0 saturated heterocycles. The van der Waals surface area contributed by atoms with Gasteiger partial charge in [0, 0.05) is 19.5 Å². The minimum absolute atomic E-state index is 0. The number of hydrogen-bond donors (Lipinski definition) is 2. The van der Waals surface area contributed by atoms with E-state index in [1.54, 1.807) is 0 Å². The summed E-state index contributed by atoms with van der Waals surface area (Å²) < 4.78 is 25.8. The van der Waals surface area contributed by atoms with Crippen LogP contribution in [0.1, 0.15) is 23.2 Å². The zero-order chi connectivity index (χ0) is 18.8. The minimum atomic E-state index is -3.35. The second-order valence-electron chi connectivity index (χ2n) is 5.87. The predicted molar refractivity (Wildman–Crippen MR) is 107 cm³/mol. The van der Waals surface area contributed by atoms with Gasteiger partial charge < -0.3 is 5.73 Å². The SMILES string of the molecule is CS(=O)(=O)N[C@@H](c1ccccc1)[C@@H](N)c1ccccc1.[Ru].c1ccccc1. The van der Waals surface area contributed by atoms with E-state index in [1.165, 1.54) is 0 Å². The Bertz CT molecular complexity index is 834. The summed E-state index contributed by atoms with van der Waals surface area (Å²) in [5.41, 5.74) is 7.98. The van der Waals surface area contributed by atoms with Crippen LogP contribution in [0.15, 0.2) is 97.1 Å². The van der Waals surface area contributed by atoms with Gasteiger partial charge in [0.05, 0.1) is 18.3 Å². The van der Waals surface area contributed by atoms with Gasteiger partial charge in [0.15, 0.2) is 0 Å². The van der Waals surface area contributed by atoms with E-state index in [0.717, 1.165) is 17.4 Å². The second kappa shape index (κ2) is 11.8. The van der Waals surface area contributed by atoms with Gasteiger partial charge in [-0.05, 0) is 11.1 Å². The zero-order valence-electron chi connectivity index (χ0n) is 15.0. The fraction of sp³-hybridized carbons (Fsp3) is 0.143. The summed E-state index contributed by atoms with van der Waals surface area (Å²) in [6.07, 6.45) is 1.14. The van der Waals surface area contributed by atoms with Gasteiger partial charge in [0.25, 0.3) is 0 Å². The Balaban J connectivity index is 0.000000444. The first-order valence-electron chi connectivity index (χ1n) is 8.30. The first kappa shape index (κ1) is 23.2. The van der Waals surface area contributed by atoms with Crippen LogP contribution in [0, 0.1) is 0 Å². The van der Waals surface area contributed by atoms with Crippen LogP contribution in [-0.4, -0.2) is 14.7 Å². The average Bonchev–Trinajstić information content (AvgIpc) is 2.68. The largest absolute Gasteiger partial charge is 0.322 e. The summed E-state index contributed by atoms with van der Waals surface area (Å²) in [7, 11) is -3.35. The Labute approximate surface area is 174 Å². The van der Waals surface area contributed by atoms with Crippen molar-refractivity contribution in [2.75, 3.05) is 6.26 Å². The smallest absolute Gasteiger partial charge is 0.209 e. The molecule has 3 rings (SSSR count). The molecule has 0 saturated carbocycles. The number of hydrogen-bond acceptors (Lipinski definition) is 3. The van der Waals surface area contributed by atoms with Crippen molar-refractivity contribution in [2.24, 2.45) is 5.73 Å². The van der Waals surface area contributed by atoms with E-state index in [0.29, 0.717) is 0 Å². The Kier molecular flexibility index (Phi) is 10.1. The molecule has 4 nitrogen and oxygen atoms in total. The van der Waals surface area contributed by atoms with Crippen LogP contribution < -0.4 is 10.5 Å². The Morgan fingerprint density at radius 3 is 1.41 bits per heavy atom. The molecular formula is C21H24N2O2RuS. The van der Waals surface area contributed by atoms with Crippen molar-refractivity contribution in [2.45, 2.75) is 12.1 Å². The molecule has 144 valence electrons. The van der Waals surface area contributed by atoms with Gasteiger partial charge in [0.2, 0.25) is 10.0 Å². The van der Waals surface area contributed by atoms with Crippen molar-refractivity contribution < 1.29 is 27.9 Å². The van der Waals surface area contributed by atoms with Crippen molar-refractivity contribution in [3.05, 3.63) is 108 Å². The van der Waals surface area contributed by atoms with Crippen molar-refractivity contribution in [3.8, 4) is 0 Å². The molecule has 2 atom stereocenters. The van der Waals surface area contributed by atoms with E-state index in [2.05, 4.69) is 4.72 Å². The zero-order valence-corrected chi connectivity index (χ0v) is 17.6. The second-order valence-corrected chi connectivity index (χ2v) is 7.65. The van der Waals surface area contributed by atoms with Gasteiger partial charge >= 0.3 is 0 Å². The maximum absolute atomic E-state index is 11.6. The number of benzene rings is 3. The molecule has 0 aromatic heterocycles. The van der Waals surface area contributed by atoms with Crippen molar-refractivity contribution >= 4 is 10.0 Å². The number of nitrogens with one attached hydrogen (secondary N) is 1. The maximum Gasteiger partial charge on any atom is 0.209 e. The van der Waals surface area contributed by atoms with Gasteiger partial charge in [-0.15, -0.1) is 0 Å². The molecule has 0 aliphatic heterocycles. The third-order valence-electron chi connectivity index (χ3n) is 3.71. The Morgan fingerprint density at radius 1 is 0.704 bits per heavy atom. The van der Waals surface area contributed by atoms with Crippen molar-refractivity contribution in [1.82, 2.24) is 4.72 Å². The Morgan fingerprint density at radius 2 is 1.04 bits per heavy atom. The van der Waals surface area contributed by atoms with Gasteiger partial charge in [-0.3, -0.25) is 0 Å². The molecule has 3 N–H and O–H groups in total. The van der Waals surface area contributed by atoms with Crippen LogP contribution in [0.2, 0.25) is 0 Å². The molecule has 3 aromatic carbocycles. The van der Waals surface area contributed by atoms with E-state index in [-0.39, 0.29) is 19.5 Å². The first-order valence-corrected chi connectivity index (χ1v) is 10.2. The topological polar surface area (TPSA) is 72.2 Å². The van der Waals surface area contributed by atoms with Crippen molar-refractivity contribution in [3.63, 3.8) is 0 Å². The van der Waals surface area contributed by atoms with Crippen molar-refractivity contribution in [1.29, 1.82) is 0 Å². The maximum atomic E-state index is 11.6. The van der Waals surface area contributed by atoms with E-state index in [9.17, 15) is 8.42 Å². The van der Waals surface area contributed by atoms with Crippen LogP contribution in [0.3, 0.4) is 0 Å². The molecule has 0 amide bonds. The van der Waals surface area contributed by atoms with E-state index < -0.39 is 22.1 Å². The van der Waals surface area contributed by atoms with Crippen LogP contribution in [0.4, 0.5) is 0 Å². The van der Waals surface area contributed by atoms with Crippen LogP contribution in [0.25, 0.3) is 0 Å². The predicted octanol–water partition coefficient (Wildman–Crippen LogP) is 3.66. The van der Waals surface area contributed by atoms with Gasteiger partial charge in [-0.2, -0.15) is 0 Å². The summed E-state index contributed by atoms with van der Waals surface area (Å²) >= 11 is 0. The number of nitrogens with two attached hydrogens (primary N) is 1. The normalized spacial score (nSPS) is 12.7. The molecule has 0 spiro atoms. The summed E-state index contributed by atoms with van der Waals surface area (Å²) in [5, 5.41) is 0. The standard InChI is InChI=1S/C15H18N2O2S.C6H6.Ru/c1-20(18,19)17-15(13-10-6-3-7-11-13)14(16)12-8-4-2-5-9-12;1-2-4-6-5-3-1;/h2-11,14-15,17H,16H2,1H3;1-6H;/t14-,15-;;/m0../s1. The molecule has 0 bridgehead atoms. The molecule has 0 fully saturated rings. The van der Waals surface area contributed by atoms with Gasteiger partial charge in [0.1, 0.15) is 0 Å². The molecule has 0 aliphatic carbocycles. The third kappa shape index (κ3) is 8.59. The average molecular weight is 470 g/mol. The molecule has 3 aromatic rings. The third-order valence-corrected chi connectivity index (χ3v) is 4.39. The van der Waals surface area contributed by atoms with Gasteiger partial charge in [-0.25, -0.2) is 13.1 Å². The van der Waals surface area contributed by atoms with Crippen LogP contribution in [-0.2, 0) is 29.5 Å². The summed E-state index contributed by atoms with van der Waals surface area (Å²) in [6, 6.07) is 29.9. The molecular weight excluding hydrogens is 445 g/mol. The fourth-order valence-corrected chi connectivity index (χ4v) is 3.24. The van der Waals surface area contributed by atoms with Crippen LogP contribution >= 0.6 is 0 Å². The number of rotatable bonds is 5. The fourth-order valence-electron chi connectivity index (χ4n) is 2.49. The molecule has 0 heterocycles. The quantitative estimate of drug-likeness (QED) is 0.560. The Hall–Kier alpha value is -1.85. The molecule has 27 heavy (non-hydrogen) atoms. The summed E-state index contributed by atoms with van der Waals surface area (Å²) in [5.74, 6) is 0. The minimum Gasteiger partial charge on any atom is -0.322 e. The van der Waals surface area contributed by atoms with E-state index in [4.69, 9.17) is 5.73 Å². The van der Waals surface area contributed by atoms with E-state index >= 15 is 0 Å². The molecule has 0 unspecified atom stereocenters. The monoisotopic (exact) mass is 470 g/mol. The summed E-state index contributed by atoms with van der Waals surface area (Å²) in [4.78, 5) is 0. The van der Waals surface area contributed by atoms with Gasteiger partial charge in [-0.1, -0.05) is 97.1 Å². The molecule has 6 heteroatoms. The summed E-state index contributed by atoms with van der Waals surface area (Å²) in [6.45, 7) is 0. The van der Waals surface area contributed by atoms with E-state index in [1.807, 2.05) is 97.1 Å². The first-order chi connectivity index (χ1) is 12.5. The van der Waals surface area contributed by atoms with Crippen LogP contribution in [0.5, 0.6) is 0 Å². The number of sulfonamides is 1. The molecule has 0 aliphatic rings.